The van der Waals surface area contributed by atoms with Crippen molar-refractivity contribution in [3.8, 4) is 11.5 Å². The van der Waals surface area contributed by atoms with Crippen LogP contribution in [0.2, 0.25) is 5.02 Å². The number of nitrogens with one attached hydrogen (secondary N) is 1. The minimum atomic E-state index is -0.549. The van der Waals surface area contributed by atoms with E-state index in [4.69, 9.17) is 25.8 Å². The van der Waals surface area contributed by atoms with Crippen molar-refractivity contribution in [3.63, 3.8) is 0 Å². The van der Waals surface area contributed by atoms with Gasteiger partial charge in [0.15, 0.2) is 0 Å². The molecule has 0 radical (unpaired) electrons. The summed E-state index contributed by atoms with van der Waals surface area (Å²) in [5, 5.41) is 3.64. The van der Waals surface area contributed by atoms with Crippen molar-refractivity contribution in [2.45, 2.75) is 45.9 Å². The molecule has 0 aliphatic carbocycles. The number of halogens is 1. The van der Waals surface area contributed by atoms with Crippen LogP contribution in [0.3, 0.4) is 0 Å². The van der Waals surface area contributed by atoms with E-state index in [-0.39, 0.29) is 5.97 Å². The van der Waals surface area contributed by atoms with Gasteiger partial charge < -0.3 is 19.5 Å². The van der Waals surface area contributed by atoms with Crippen LogP contribution in [0.5, 0.6) is 11.5 Å². The van der Waals surface area contributed by atoms with Crippen molar-refractivity contribution in [1.82, 2.24) is 5.32 Å². The molecule has 0 heterocycles. The molecular weight excluding hydrogens is 394 g/mol. The summed E-state index contributed by atoms with van der Waals surface area (Å²) >= 11 is 6.12. The molecule has 0 saturated heterocycles. The van der Waals surface area contributed by atoms with Gasteiger partial charge >= 0.3 is 11.9 Å². The van der Waals surface area contributed by atoms with Gasteiger partial charge in [0.2, 0.25) is 0 Å². The highest BCUT2D eigenvalue weighted by Gasteiger charge is 2.21. The monoisotopic (exact) mass is 419 g/mol. The Morgan fingerprint density at radius 1 is 1.14 bits per heavy atom. The Morgan fingerprint density at radius 3 is 2.52 bits per heavy atom. The van der Waals surface area contributed by atoms with Crippen molar-refractivity contribution < 1.29 is 23.8 Å². The molecule has 156 valence electrons. The summed E-state index contributed by atoms with van der Waals surface area (Å²) in [5.74, 6) is 0.203. The minimum Gasteiger partial charge on any atom is -0.465 e. The predicted molar refractivity (Wildman–Crippen MR) is 111 cm³/mol. The van der Waals surface area contributed by atoms with Gasteiger partial charge in [0.1, 0.15) is 23.1 Å². The maximum Gasteiger partial charge on any atom is 0.337 e. The molecule has 2 aromatic carbocycles. The van der Waals surface area contributed by atoms with E-state index in [0.717, 1.165) is 5.56 Å². The van der Waals surface area contributed by atoms with Gasteiger partial charge in [-0.3, -0.25) is 4.79 Å². The van der Waals surface area contributed by atoms with Crippen molar-refractivity contribution >= 4 is 23.5 Å². The first-order chi connectivity index (χ1) is 13.6. The molecular formula is C22H26ClNO5. The van der Waals surface area contributed by atoms with Crippen LogP contribution in [0, 0.1) is 0 Å². The zero-order valence-electron chi connectivity index (χ0n) is 17.2. The smallest absolute Gasteiger partial charge is 0.337 e. The topological polar surface area (TPSA) is 73.9 Å². The first kappa shape index (κ1) is 22.7. The van der Waals surface area contributed by atoms with Crippen molar-refractivity contribution in [2.24, 2.45) is 0 Å². The number of hydrogen-bond acceptors (Lipinski definition) is 6. The Balaban J connectivity index is 2.14. The van der Waals surface area contributed by atoms with Gasteiger partial charge in [-0.1, -0.05) is 23.7 Å². The van der Waals surface area contributed by atoms with Gasteiger partial charge in [-0.05, 0) is 58.0 Å². The fraction of sp³-hybridized carbons (Fsp3) is 0.364. The quantitative estimate of drug-likeness (QED) is 0.653. The fourth-order valence-electron chi connectivity index (χ4n) is 2.44. The van der Waals surface area contributed by atoms with E-state index in [9.17, 15) is 9.59 Å². The van der Waals surface area contributed by atoms with Crippen molar-refractivity contribution in [1.29, 1.82) is 0 Å². The summed E-state index contributed by atoms with van der Waals surface area (Å²) in [5.41, 5.74) is 0.630. The number of esters is 2. The second kappa shape index (κ2) is 9.76. The fourth-order valence-corrected chi connectivity index (χ4v) is 2.60. The number of benzene rings is 2. The molecule has 2 rings (SSSR count). The van der Waals surface area contributed by atoms with Gasteiger partial charge in [-0.2, -0.15) is 0 Å². The molecule has 0 unspecified atom stereocenters. The lowest BCUT2D eigenvalue weighted by atomic mass is 10.1. The summed E-state index contributed by atoms with van der Waals surface area (Å²) < 4.78 is 16.1. The Bertz CT molecular complexity index is 876. The average molecular weight is 420 g/mol. The highest BCUT2D eigenvalue weighted by atomic mass is 35.5. The summed E-state index contributed by atoms with van der Waals surface area (Å²) in [7, 11) is 1.32. The van der Waals surface area contributed by atoms with Gasteiger partial charge in [0, 0.05) is 17.1 Å². The molecule has 1 N–H and O–H groups in total. The Kier molecular flexibility index (Phi) is 7.65. The van der Waals surface area contributed by atoms with Crippen LogP contribution >= 0.6 is 11.6 Å². The maximum atomic E-state index is 12.2. The van der Waals surface area contributed by atoms with E-state index in [1.807, 2.05) is 26.8 Å². The van der Waals surface area contributed by atoms with E-state index >= 15 is 0 Å². The van der Waals surface area contributed by atoms with Gasteiger partial charge in [-0.15, -0.1) is 0 Å². The highest BCUT2D eigenvalue weighted by Crippen LogP contribution is 2.29. The maximum absolute atomic E-state index is 12.2. The molecule has 7 heteroatoms. The number of carbonyl (C=O) groups excluding carboxylic acids is 2. The third-order valence-electron chi connectivity index (χ3n) is 3.87. The molecule has 29 heavy (non-hydrogen) atoms. The Labute approximate surface area is 176 Å². The molecule has 0 spiro atoms. The second-order valence-electron chi connectivity index (χ2n) is 7.51. The minimum absolute atomic E-state index is 0.334. The van der Waals surface area contributed by atoms with Gasteiger partial charge in [0.25, 0.3) is 0 Å². The Hall–Kier alpha value is -2.57. The lowest BCUT2D eigenvalue weighted by molar-refractivity contribution is -0.157. The summed E-state index contributed by atoms with van der Waals surface area (Å²) in [6.07, 6.45) is 0. The number of carbonyl (C=O) groups is 2. The largest absolute Gasteiger partial charge is 0.465 e. The van der Waals surface area contributed by atoms with Crippen LogP contribution < -0.4 is 10.1 Å². The summed E-state index contributed by atoms with van der Waals surface area (Å²) in [6, 6.07) is 11.4. The molecule has 0 saturated carbocycles. The first-order valence-electron chi connectivity index (χ1n) is 9.20. The van der Waals surface area contributed by atoms with E-state index in [2.05, 4.69) is 5.32 Å². The molecule has 0 fully saturated rings. The molecule has 0 aromatic heterocycles. The van der Waals surface area contributed by atoms with Crippen LogP contribution in [0.1, 0.15) is 43.6 Å². The molecule has 1 atom stereocenters. The van der Waals surface area contributed by atoms with Crippen LogP contribution in [0.25, 0.3) is 0 Å². The summed E-state index contributed by atoms with van der Waals surface area (Å²) in [6.45, 7) is 7.58. The average Bonchev–Trinajstić information content (AvgIpc) is 2.65. The number of methoxy groups -OCH3 is 1. The number of hydrogen-bond donors (Lipinski definition) is 1. The van der Waals surface area contributed by atoms with E-state index < -0.39 is 17.6 Å². The second-order valence-corrected chi connectivity index (χ2v) is 7.95. The molecule has 6 nitrogen and oxygen atoms in total. The van der Waals surface area contributed by atoms with Crippen molar-refractivity contribution in [2.75, 3.05) is 7.11 Å². The highest BCUT2D eigenvalue weighted by molar-refractivity contribution is 6.30. The standard InChI is InChI=1S/C22H26ClNO5/c1-14(20(25)29-22(2,3)4)24-13-16-9-10-17(23)12-19(16)28-18-8-6-7-15(11-18)21(26)27-5/h6-12,14,24H,13H2,1-5H3/t14-/m0/s1. The molecule has 0 bridgehead atoms. The third-order valence-corrected chi connectivity index (χ3v) is 4.11. The zero-order chi connectivity index (χ0) is 21.6. The van der Waals surface area contributed by atoms with Crippen LogP contribution in [0.4, 0.5) is 0 Å². The zero-order valence-corrected chi connectivity index (χ0v) is 18.0. The third kappa shape index (κ3) is 7.07. The predicted octanol–water partition coefficient (Wildman–Crippen LogP) is 4.74. The lowest BCUT2D eigenvalue weighted by Crippen LogP contribution is -2.38. The normalized spacial score (nSPS) is 12.2. The van der Waals surface area contributed by atoms with E-state index in [1.165, 1.54) is 7.11 Å². The molecule has 0 aliphatic heterocycles. The number of ether oxygens (including phenoxy) is 3. The molecule has 0 amide bonds. The van der Waals surface area contributed by atoms with Gasteiger partial charge in [0.05, 0.1) is 12.7 Å². The van der Waals surface area contributed by atoms with Crippen molar-refractivity contribution in [3.05, 3.63) is 58.6 Å². The molecule has 2 aromatic rings. The van der Waals surface area contributed by atoms with Crippen LogP contribution in [-0.4, -0.2) is 30.7 Å². The van der Waals surface area contributed by atoms with Crippen LogP contribution in [0.15, 0.2) is 42.5 Å². The lowest BCUT2D eigenvalue weighted by Gasteiger charge is -2.23. The van der Waals surface area contributed by atoms with Gasteiger partial charge in [-0.25, -0.2) is 4.79 Å². The molecule has 0 aliphatic rings. The SMILES string of the molecule is COC(=O)c1cccc(Oc2cc(Cl)ccc2CN[C@@H](C)C(=O)OC(C)(C)C)c1. The van der Waals surface area contributed by atoms with E-state index in [1.54, 1.807) is 43.3 Å². The number of rotatable bonds is 7. The van der Waals surface area contributed by atoms with Crippen LogP contribution in [-0.2, 0) is 20.8 Å². The first-order valence-corrected chi connectivity index (χ1v) is 9.58. The Morgan fingerprint density at radius 2 is 1.86 bits per heavy atom. The summed E-state index contributed by atoms with van der Waals surface area (Å²) in [4.78, 5) is 23.9. The van der Waals surface area contributed by atoms with E-state index in [0.29, 0.717) is 28.6 Å².